The molecule has 0 spiro atoms. The second-order valence-electron chi connectivity index (χ2n) is 6.16. The van der Waals surface area contributed by atoms with Crippen LogP contribution in [0.3, 0.4) is 0 Å². The maximum atomic E-state index is 12.8. The van der Waals surface area contributed by atoms with E-state index in [4.69, 9.17) is 4.74 Å². The summed E-state index contributed by atoms with van der Waals surface area (Å²) in [6.45, 7) is 5.52. The van der Waals surface area contributed by atoms with Crippen LogP contribution in [0.4, 0.5) is 14.9 Å². The zero-order valence-corrected chi connectivity index (χ0v) is 12.1. The van der Waals surface area contributed by atoms with Crippen molar-refractivity contribution in [2.75, 3.05) is 5.32 Å². The molecule has 1 aromatic rings. The molecule has 0 aliphatic heterocycles. The van der Waals surface area contributed by atoms with Gasteiger partial charge in [0, 0.05) is 17.8 Å². The number of rotatable bonds is 3. The van der Waals surface area contributed by atoms with Gasteiger partial charge in [0.25, 0.3) is 0 Å². The zero-order chi connectivity index (χ0) is 14.8. The average Bonchev–Trinajstić information content (AvgIpc) is 2.26. The summed E-state index contributed by atoms with van der Waals surface area (Å²) in [5.74, 6) is -0.242. The van der Waals surface area contributed by atoms with Gasteiger partial charge in [0.2, 0.25) is 0 Å². The predicted octanol–water partition coefficient (Wildman–Crippen LogP) is 3.29. The quantitative estimate of drug-likeness (QED) is 0.893. The van der Waals surface area contributed by atoms with E-state index in [2.05, 4.69) is 10.6 Å². The molecule has 0 bridgehead atoms. The topological polar surface area (TPSA) is 50.4 Å². The van der Waals surface area contributed by atoms with E-state index in [0.29, 0.717) is 6.04 Å². The van der Waals surface area contributed by atoms with Gasteiger partial charge in [-0.2, -0.15) is 0 Å². The molecule has 4 nitrogen and oxygen atoms in total. The predicted molar refractivity (Wildman–Crippen MR) is 76.2 cm³/mol. The Morgan fingerprint density at radius 1 is 1.20 bits per heavy atom. The van der Waals surface area contributed by atoms with Crippen molar-refractivity contribution >= 4 is 11.8 Å². The van der Waals surface area contributed by atoms with Crippen LogP contribution < -0.4 is 10.6 Å². The lowest BCUT2D eigenvalue weighted by Crippen LogP contribution is -2.50. The van der Waals surface area contributed by atoms with Crippen LogP contribution >= 0.6 is 0 Å². The molecule has 110 valence electrons. The molecule has 1 amide bonds. The van der Waals surface area contributed by atoms with Crippen molar-refractivity contribution in [2.24, 2.45) is 0 Å². The Morgan fingerprint density at radius 2 is 1.80 bits per heavy atom. The number of hydrogen-bond acceptors (Lipinski definition) is 3. The van der Waals surface area contributed by atoms with Crippen LogP contribution in [-0.2, 0) is 4.74 Å². The summed E-state index contributed by atoms with van der Waals surface area (Å²) in [7, 11) is 0. The van der Waals surface area contributed by atoms with Crippen molar-refractivity contribution in [3.63, 3.8) is 0 Å². The fraction of sp³-hybridized carbons (Fsp3) is 0.533. The first-order valence-electron chi connectivity index (χ1n) is 6.83. The van der Waals surface area contributed by atoms with E-state index in [1.807, 2.05) is 20.8 Å². The Balaban J connectivity index is 1.70. The number of ether oxygens (including phenoxy) is 1. The van der Waals surface area contributed by atoms with Gasteiger partial charge >= 0.3 is 6.09 Å². The van der Waals surface area contributed by atoms with Gasteiger partial charge in [0.1, 0.15) is 11.4 Å². The fourth-order valence-corrected chi connectivity index (χ4v) is 2.11. The molecule has 0 unspecified atom stereocenters. The summed E-state index contributed by atoms with van der Waals surface area (Å²) in [4.78, 5) is 11.6. The summed E-state index contributed by atoms with van der Waals surface area (Å²) in [6, 6.07) is 6.73. The van der Waals surface area contributed by atoms with Crippen molar-refractivity contribution < 1.29 is 13.9 Å². The van der Waals surface area contributed by atoms with Crippen molar-refractivity contribution in [3.05, 3.63) is 30.1 Å². The highest BCUT2D eigenvalue weighted by Gasteiger charge is 2.31. The first-order chi connectivity index (χ1) is 9.32. The van der Waals surface area contributed by atoms with Gasteiger partial charge in [-0.1, -0.05) is 0 Å². The molecule has 1 aliphatic rings. The minimum Gasteiger partial charge on any atom is -0.444 e. The van der Waals surface area contributed by atoms with Crippen molar-refractivity contribution in [2.45, 2.75) is 51.3 Å². The molecule has 0 aromatic heterocycles. The second-order valence-corrected chi connectivity index (χ2v) is 6.16. The standard InChI is InChI=1S/C15H21FN2O2/c1-15(2,3)20-14(19)18-13-8-12(9-13)17-11-6-4-10(16)5-7-11/h4-7,12-13,17H,8-9H2,1-3H3,(H,18,19). The number of amides is 1. The van der Waals surface area contributed by atoms with E-state index in [9.17, 15) is 9.18 Å². The van der Waals surface area contributed by atoms with Crippen LogP contribution in [0.5, 0.6) is 0 Å². The number of carbonyl (C=O) groups excluding carboxylic acids is 1. The second kappa shape index (κ2) is 5.69. The van der Waals surface area contributed by atoms with E-state index in [1.54, 1.807) is 12.1 Å². The summed E-state index contributed by atoms with van der Waals surface area (Å²) in [5.41, 5.74) is 0.423. The largest absolute Gasteiger partial charge is 0.444 e. The van der Waals surface area contributed by atoms with Crippen LogP contribution in [0.25, 0.3) is 0 Å². The van der Waals surface area contributed by atoms with Gasteiger partial charge in [-0.05, 0) is 57.9 Å². The highest BCUT2D eigenvalue weighted by molar-refractivity contribution is 5.68. The summed E-state index contributed by atoms with van der Waals surface area (Å²) >= 11 is 0. The average molecular weight is 280 g/mol. The Labute approximate surface area is 118 Å². The first kappa shape index (κ1) is 14.6. The molecule has 0 atom stereocenters. The number of anilines is 1. The lowest BCUT2D eigenvalue weighted by molar-refractivity contribution is 0.0475. The Hall–Kier alpha value is -1.78. The molecule has 0 saturated heterocycles. The van der Waals surface area contributed by atoms with Crippen LogP contribution in [0, 0.1) is 5.82 Å². The molecular formula is C15H21FN2O2. The molecule has 5 heteroatoms. The lowest BCUT2D eigenvalue weighted by atomic mass is 9.86. The van der Waals surface area contributed by atoms with E-state index < -0.39 is 5.60 Å². The number of carbonyl (C=O) groups is 1. The van der Waals surface area contributed by atoms with E-state index >= 15 is 0 Å². The maximum absolute atomic E-state index is 12.8. The molecule has 1 fully saturated rings. The Morgan fingerprint density at radius 3 is 2.35 bits per heavy atom. The normalized spacial score (nSPS) is 21.8. The SMILES string of the molecule is CC(C)(C)OC(=O)NC1CC(Nc2ccc(F)cc2)C1. The molecule has 0 radical (unpaired) electrons. The van der Waals surface area contributed by atoms with Crippen LogP contribution in [-0.4, -0.2) is 23.8 Å². The van der Waals surface area contributed by atoms with E-state index in [-0.39, 0.29) is 18.0 Å². The maximum Gasteiger partial charge on any atom is 0.407 e. The molecule has 1 aromatic carbocycles. The number of alkyl carbamates (subject to hydrolysis) is 1. The smallest absolute Gasteiger partial charge is 0.407 e. The van der Waals surface area contributed by atoms with Crippen LogP contribution in [0.2, 0.25) is 0 Å². The molecular weight excluding hydrogens is 259 g/mol. The van der Waals surface area contributed by atoms with Crippen molar-refractivity contribution in [1.82, 2.24) is 5.32 Å². The summed E-state index contributed by atoms with van der Waals surface area (Å²) in [5, 5.41) is 6.13. The van der Waals surface area contributed by atoms with Gasteiger partial charge in [-0.25, -0.2) is 9.18 Å². The first-order valence-corrected chi connectivity index (χ1v) is 6.83. The third-order valence-corrected chi connectivity index (χ3v) is 3.07. The minimum absolute atomic E-state index is 0.141. The number of halogens is 1. The molecule has 1 saturated carbocycles. The third-order valence-electron chi connectivity index (χ3n) is 3.07. The van der Waals surface area contributed by atoms with Crippen LogP contribution in [0.15, 0.2) is 24.3 Å². The fourth-order valence-electron chi connectivity index (χ4n) is 2.11. The Bertz CT molecular complexity index is 462. The highest BCUT2D eigenvalue weighted by atomic mass is 19.1. The summed E-state index contributed by atoms with van der Waals surface area (Å²) < 4.78 is 18.0. The number of hydrogen-bond donors (Lipinski definition) is 2. The third kappa shape index (κ3) is 4.40. The molecule has 1 aliphatic carbocycles. The molecule has 0 heterocycles. The van der Waals surface area contributed by atoms with Gasteiger partial charge in [-0.3, -0.25) is 0 Å². The van der Waals surface area contributed by atoms with E-state index in [1.165, 1.54) is 12.1 Å². The van der Waals surface area contributed by atoms with Crippen molar-refractivity contribution in [1.29, 1.82) is 0 Å². The molecule has 20 heavy (non-hydrogen) atoms. The lowest BCUT2D eigenvalue weighted by Gasteiger charge is -2.37. The summed E-state index contributed by atoms with van der Waals surface area (Å²) in [6.07, 6.45) is 1.32. The molecule has 2 rings (SSSR count). The number of nitrogens with one attached hydrogen (secondary N) is 2. The van der Waals surface area contributed by atoms with Gasteiger partial charge in [0.15, 0.2) is 0 Å². The Kier molecular flexibility index (Phi) is 4.16. The zero-order valence-electron chi connectivity index (χ0n) is 12.1. The monoisotopic (exact) mass is 280 g/mol. The minimum atomic E-state index is -0.473. The van der Waals surface area contributed by atoms with Gasteiger partial charge in [0.05, 0.1) is 0 Å². The van der Waals surface area contributed by atoms with E-state index in [0.717, 1.165) is 18.5 Å². The highest BCUT2D eigenvalue weighted by Crippen LogP contribution is 2.24. The molecule has 2 N–H and O–H groups in total. The van der Waals surface area contributed by atoms with Crippen molar-refractivity contribution in [3.8, 4) is 0 Å². The van der Waals surface area contributed by atoms with Crippen LogP contribution in [0.1, 0.15) is 33.6 Å². The van der Waals surface area contributed by atoms with Gasteiger partial charge < -0.3 is 15.4 Å². The van der Waals surface area contributed by atoms with Gasteiger partial charge in [-0.15, -0.1) is 0 Å². The number of benzene rings is 1.